The molecule has 0 bridgehead atoms. The van der Waals surface area contributed by atoms with Gasteiger partial charge in [-0.15, -0.1) is 0 Å². The summed E-state index contributed by atoms with van der Waals surface area (Å²) < 4.78 is 0. The third-order valence-electron chi connectivity index (χ3n) is 2.92. The van der Waals surface area contributed by atoms with Crippen molar-refractivity contribution < 1.29 is 0 Å². The van der Waals surface area contributed by atoms with Crippen LogP contribution in [0.2, 0.25) is 0 Å². The zero-order chi connectivity index (χ0) is 13.7. The lowest BCUT2D eigenvalue weighted by Gasteiger charge is -2.14. The maximum atomic E-state index is 5.53. The molecule has 0 spiro atoms. The van der Waals surface area contributed by atoms with E-state index in [1.165, 1.54) is 5.56 Å². The average Bonchev–Trinajstić information content (AvgIpc) is 2.40. The Morgan fingerprint density at radius 2 is 2.00 bits per heavy atom. The number of hydrogen-bond acceptors (Lipinski definition) is 4. The molecule has 0 aliphatic heterocycles. The predicted molar refractivity (Wildman–Crippen MR) is 78.6 cm³/mol. The van der Waals surface area contributed by atoms with Crippen molar-refractivity contribution in [3.63, 3.8) is 0 Å². The summed E-state index contributed by atoms with van der Waals surface area (Å²) in [6, 6.07) is 10.2. The van der Waals surface area contributed by atoms with Gasteiger partial charge in [0.1, 0.15) is 11.6 Å². The van der Waals surface area contributed by atoms with Gasteiger partial charge in [-0.25, -0.2) is 9.97 Å². The molecule has 0 amide bonds. The molecule has 0 radical (unpaired) electrons. The molecule has 2 rings (SSSR count). The van der Waals surface area contributed by atoms with Gasteiger partial charge in [0, 0.05) is 18.3 Å². The van der Waals surface area contributed by atoms with Crippen LogP contribution in [-0.2, 0) is 6.42 Å². The molecule has 1 aromatic carbocycles. The highest BCUT2D eigenvalue weighted by atomic mass is 15.0. The predicted octanol–water partition coefficient (Wildman–Crippen LogP) is 2.84. The monoisotopic (exact) mass is 256 g/mol. The van der Waals surface area contributed by atoms with E-state index in [0.29, 0.717) is 18.9 Å². The Labute approximate surface area is 114 Å². The van der Waals surface area contributed by atoms with Gasteiger partial charge in [0.2, 0.25) is 0 Å². The van der Waals surface area contributed by atoms with Gasteiger partial charge in [0.25, 0.3) is 0 Å². The molecule has 0 saturated heterocycles. The summed E-state index contributed by atoms with van der Waals surface area (Å²) in [6.45, 7) is 4.92. The van der Waals surface area contributed by atoms with E-state index in [0.717, 1.165) is 17.3 Å². The topological polar surface area (TPSA) is 63.8 Å². The first-order chi connectivity index (χ1) is 9.20. The first kappa shape index (κ1) is 13.5. The molecule has 4 nitrogen and oxygen atoms in total. The zero-order valence-corrected chi connectivity index (χ0v) is 11.4. The van der Waals surface area contributed by atoms with Crippen LogP contribution in [0.5, 0.6) is 0 Å². The Morgan fingerprint density at radius 3 is 2.74 bits per heavy atom. The van der Waals surface area contributed by atoms with Crippen LogP contribution >= 0.6 is 0 Å². The number of nitrogens with two attached hydrogens (primary N) is 1. The van der Waals surface area contributed by atoms with Crippen molar-refractivity contribution in [1.82, 2.24) is 9.97 Å². The quantitative estimate of drug-likeness (QED) is 0.863. The summed E-state index contributed by atoms with van der Waals surface area (Å²) in [5, 5.41) is 3.36. The number of nitrogens with zero attached hydrogens (tertiary/aromatic N) is 2. The molecule has 1 heterocycles. The maximum absolute atomic E-state index is 5.53. The highest BCUT2D eigenvalue weighted by molar-refractivity contribution is 5.61. The highest BCUT2D eigenvalue weighted by Gasteiger charge is 2.06. The van der Waals surface area contributed by atoms with Gasteiger partial charge in [-0.1, -0.05) is 32.0 Å². The minimum Gasteiger partial charge on any atom is -0.340 e. The normalized spacial score (nSPS) is 10.7. The lowest BCUT2D eigenvalue weighted by atomic mass is 10.0. The molecule has 0 aliphatic carbocycles. The molecule has 0 fully saturated rings. The summed E-state index contributed by atoms with van der Waals surface area (Å²) in [5.41, 5.74) is 7.90. The van der Waals surface area contributed by atoms with Crippen LogP contribution in [0, 0.1) is 0 Å². The SMILES string of the molecule is CC(C)c1ccccc1Nc1ccnc(CCN)n1. The van der Waals surface area contributed by atoms with Gasteiger partial charge >= 0.3 is 0 Å². The van der Waals surface area contributed by atoms with E-state index < -0.39 is 0 Å². The Bertz CT molecular complexity index is 537. The van der Waals surface area contributed by atoms with Crippen LogP contribution in [0.25, 0.3) is 0 Å². The van der Waals surface area contributed by atoms with Gasteiger partial charge in [-0.05, 0) is 30.2 Å². The number of para-hydroxylation sites is 1. The third kappa shape index (κ3) is 3.51. The van der Waals surface area contributed by atoms with Gasteiger partial charge in [-0.2, -0.15) is 0 Å². The van der Waals surface area contributed by atoms with E-state index in [1.54, 1.807) is 6.20 Å². The summed E-state index contributed by atoms with van der Waals surface area (Å²) in [6.07, 6.45) is 2.46. The van der Waals surface area contributed by atoms with Gasteiger partial charge in [0.15, 0.2) is 0 Å². The molecule has 3 N–H and O–H groups in total. The Balaban J connectivity index is 2.23. The van der Waals surface area contributed by atoms with Crippen molar-refractivity contribution in [2.75, 3.05) is 11.9 Å². The van der Waals surface area contributed by atoms with E-state index in [-0.39, 0.29) is 0 Å². The van der Waals surface area contributed by atoms with Gasteiger partial charge < -0.3 is 11.1 Å². The summed E-state index contributed by atoms with van der Waals surface area (Å²) >= 11 is 0. The average molecular weight is 256 g/mol. The van der Waals surface area contributed by atoms with Crippen LogP contribution in [0.1, 0.15) is 31.2 Å². The second-order valence-electron chi connectivity index (χ2n) is 4.76. The maximum Gasteiger partial charge on any atom is 0.134 e. The summed E-state index contributed by atoms with van der Waals surface area (Å²) in [7, 11) is 0. The summed E-state index contributed by atoms with van der Waals surface area (Å²) in [4.78, 5) is 8.65. The third-order valence-corrected chi connectivity index (χ3v) is 2.92. The minimum atomic E-state index is 0.467. The fourth-order valence-electron chi connectivity index (χ4n) is 1.97. The van der Waals surface area contributed by atoms with E-state index in [2.05, 4.69) is 47.3 Å². The minimum absolute atomic E-state index is 0.467. The highest BCUT2D eigenvalue weighted by Crippen LogP contribution is 2.25. The molecular weight excluding hydrogens is 236 g/mol. The molecule has 1 aromatic heterocycles. The summed E-state index contributed by atoms with van der Waals surface area (Å²) in [5.74, 6) is 2.05. The molecule has 4 heteroatoms. The fraction of sp³-hybridized carbons (Fsp3) is 0.333. The fourth-order valence-corrected chi connectivity index (χ4v) is 1.97. The number of rotatable bonds is 5. The van der Waals surface area contributed by atoms with Crippen LogP contribution < -0.4 is 11.1 Å². The van der Waals surface area contributed by atoms with Crippen molar-refractivity contribution in [2.45, 2.75) is 26.2 Å². The van der Waals surface area contributed by atoms with Gasteiger partial charge in [0.05, 0.1) is 0 Å². The van der Waals surface area contributed by atoms with Crippen LogP contribution in [0.4, 0.5) is 11.5 Å². The largest absolute Gasteiger partial charge is 0.340 e. The van der Waals surface area contributed by atoms with Crippen molar-refractivity contribution >= 4 is 11.5 Å². The number of hydrogen-bond donors (Lipinski definition) is 2. The van der Waals surface area contributed by atoms with E-state index >= 15 is 0 Å². The lowest BCUT2D eigenvalue weighted by Crippen LogP contribution is -2.07. The van der Waals surface area contributed by atoms with E-state index in [1.807, 2.05) is 12.1 Å². The van der Waals surface area contributed by atoms with Crippen molar-refractivity contribution in [3.05, 3.63) is 47.9 Å². The first-order valence-corrected chi connectivity index (χ1v) is 6.58. The number of nitrogens with one attached hydrogen (secondary N) is 1. The molecule has 100 valence electrons. The number of aromatic nitrogens is 2. The molecule has 2 aromatic rings. The van der Waals surface area contributed by atoms with Crippen LogP contribution in [-0.4, -0.2) is 16.5 Å². The second-order valence-corrected chi connectivity index (χ2v) is 4.76. The molecule has 0 saturated carbocycles. The van der Waals surface area contributed by atoms with Crippen molar-refractivity contribution in [3.8, 4) is 0 Å². The lowest BCUT2D eigenvalue weighted by molar-refractivity contribution is 0.863. The number of anilines is 2. The zero-order valence-electron chi connectivity index (χ0n) is 11.4. The molecule has 0 atom stereocenters. The number of benzene rings is 1. The smallest absolute Gasteiger partial charge is 0.134 e. The second kappa shape index (κ2) is 6.29. The van der Waals surface area contributed by atoms with Crippen LogP contribution in [0.15, 0.2) is 36.5 Å². The van der Waals surface area contributed by atoms with Crippen molar-refractivity contribution in [2.24, 2.45) is 5.73 Å². The Morgan fingerprint density at radius 1 is 1.21 bits per heavy atom. The van der Waals surface area contributed by atoms with Crippen molar-refractivity contribution in [1.29, 1.82) is 0 Å². The molecule has 19 heavy (non-hydrogen) atoms. The molecular formula is C15H20N4. The Kier molecular flexibility index (Phi) is 4.47. The Hall–Kier alpha value is -1.94. The van der Waals surface area contributed by atoms with E-state index in [9.17, 15) is 0 Å². The first-order valence-electron chi connectivity index (χ1n) is 6.58. The molecule has 0 unspecified atom stereocenters. The van der Waals surface area contributed by atoms with E-state index in [4.69, 9.17) is 5.73 Å². The molecule has 0 aliphatic rings. The standard InChI is InChI=1S/C15H20N4/c1-11(2)12-5-3-4-6-13(12)18-15-8-10-17-14(19-15)7-9-16/h3-6,8,10-11H,7,9,16H2,1-2H3,(H,17,18,19). The van der Waals surface area contributed by atoms with Gasteiger partial charge in [-0.3, -0.25) is 0 Å². The van der Waals surface area contributed by atoms with Crippen LogP contribution in [0.3, 0.4) is 0 Å².